The third-order valence-corrected chi connectivity index (χ3v) is 6.68. The van der Waals surface area contributed by atoms with E-state index in [0.717, 1.165) is 20.3 Å². The maximum Gasteiger partial charge on any atom is 0.271 e. The summed E-state index contributed by atoms with van der Waals surface area (Å²) in [6, 6.07) is 26.0. The molecule has 1 amide bonds. The molecule has 0 aliphatic rings. The van der Waals surface area contributed by atoms with Crippen LogP contribution in [0.2, 0.25) is 5.02 Å². The lowest BCUT2D eigenvalue weighted by Gasteiger charge is -2.15. The molecule has 40 heavy (non-hydrogen) atoms. The van der Waals surface area contributed by atoms with Crippen LogP contribution >= 0.6 is 34.2 Å². The highest BCUT2D eigenvalue weighted by molar-refractivity contribution is 14.1. The Kier molecular flexibility index (Phi) is 10.7. The Morgan fingerprint density at radius 2 is 1.65 bits per heavy atom. The molecular weight excluding hydrogens is 643 g/mol. The molecule has 0 bridgehead atoms. The quantitative estimate of drug-likeness (QED) is 0.0975. The molecule has 7 nitrogen and oxygen atoms in total. The summed E-state index contributed by atoms with van der Waals surface area (Å²) in [5.74, 6) is 1.83. The number of carbonyl (C=O) groups excluding carboxylic acids is 1. The van der Waals surface area contributed by atoms with Gasteiger partial charge < -0.3 is 18.9 Å². The van der Waals surface area contributed by atoms with Crippen LogP contribution in [0.4, 0.5) is 0 Å². The molecule has 0 aromatic heterocycles. The molecule has 9 heteroatoms. The van der Waals surface area contributed by atoms with Crippen molar-refractivity contribution in [2.24, 2.45) is 5.10 Å². The fourth-order valence-electron chi connectivity index (χ4n) is 3.74. The number of halogens is 2. The van der Waals surface area contributed by atoms with E-state index in [1.165, 1.54) is 7.11 Å². The van der Waals surface area contributed by atoms with E-state index in [0.29, 0.717) is 53.4 Å². The van der Waals surface area contributed by atoms with Gasteiger partial charge in [0.2, 0.25) is 0 Å². The summed E-state index contributed by atoms with van der Waals surface area (Å²) in [7, 11) is 1.53. The fraction of sp³-hybridized carbons (Fsp3) is 0.161. The topological polar surface area (TPSA) is 78.4 Å². The zero-order valence-corrected chi connectivity index (χ0v) is 24.9. The Balaban J connectivity index is 1.41. The number of nitrogens with zero attached hydrogens (tertiary/aromatic N) is 1. The Hall–Kier alpha value is -3.76. The summed E-state index contributed by atoms with van der Waals surface area (Å²) in [5, 5.41) is 4.79. The van der Waals surface area contributed by atoms with Crippen molar-refractivity contribution < 1.29 is 23.7 Å². The molecule has 4 aromatic carbocycles. The standard InChI is InChI=1S/C31H28ClIN2O5/c1-3-38-29-16-23(15-26(33)30(29)40-20-22-10-7-11-25(32)14-22)18-34-35-31(36)24-12-13-27(28(17-24)37-2)39-19-21-8-5-4-6-9-21/h4-18H,3,19-20H2,1-2H3,(H,35,36)/b34-18+. The van der Waals surface area contributed by atoms with Gasteiger partial charge in [0.05, 0.1) is 23.5 Å². The SMILES string of the molecule is CCOc1cc(/C=N/NC(=O)c2ccc(OCc3ccccc3)c(OC)c2)cc(I)c1OCc1cccc(Cl)c1. The maximum atomic E-state index is 12.8. The van der Waals surface area contributed by atoms with Crippen LogP contribution in [0.15, 0.2) is 90.0 Å². The summed E-state index contributed by atoms with van der Waals surface area (Å²) >= 11 is 8.28. The average Bonchev–Trinajstić information content (AvgIpc) is 2.96. The monoisotopic (exact) mass is 670 g/mol. The van der Waals surface area contributed by atoms with Crippen LogP contribution in [0.1, 0.15) is 34.0 Å². The number of carbonyl (C=O) groups is 1. The first-order valence-corrected chi connectivity index (χ1v) is 13.9. The minimum Gasteiger partial charge on any atom is -0.493 e. The smallest absolute Gasteiger partial charge is 0.271 e. The first kappa shape index (κ1) is 29.2. The van der Waals surface area contributed by atoms with Gasteiger partial charge >= 0.3 is 0 Å². The van der Waals surface area contributed by atoms with Crippen LogP contribution in [0.25, 0.3) is 0 Å². The van der Waals surface area contributed by atoms with Crippen LogP contribution in [-0.2, 0) is 13.2 Å². The van der Waals surface area contributed by atoms with Crippen molar-refractivity contribution in [2.75, 3.05) is 13.7 Å². The predicted octanol–water partition coefficient (Wildman–Crippen LogP) is 7.27. The van der Waals surface area contributed by atoms with E-state index in [-0.39, 0.29) is 5.91 Å². The lowest BCUT2D eigenvalue weighted by molar-refractivity contribution is 0.0954. The lowest BCUT2D eigenvalue weighted by atomic mass is 10.2. The van der Waals surface area contributed by atoms with E-state index in [1.54, 1.807) is 24.4 Å². The van der Waals surface area contributed by atoms with Crippen molar-refractivity contribution >= 4 is 46.3 Å². The molecule has 206 valence electrons. The van der Waals surface area contributed by atoms with Crippen LogP contribution in [0, 0.1) is 3.57 Å². The molecule has 4 aromatic rings. The normalized spacial score (nSPS) is 10.8. The second-order valence-corrected chi connectivity index (χ2v) is 10.1. The van der Waals surface area contributed by atoms with E-state index < -0.39 is 0 Å². The highest BCUT2D eigenvalue weighted by atomic mass is 127. The predicted molar refractivity (Wildman–Crippen MR) is 165 cm³/mol. The number of benzene rings is 4. The third-order valence-electron chi connectivity index (χ3n) is 5.65. The first-order valence-electron chi connectivity index (χ1n) is 12.5. The molecule has 0 spiro atoms. The Morgan fingerprint density at radius 1 is 0.875 bits per heavy atom. The lowest BCUT2D eigenvalue weighted by Crippen LogP contribution is -2.17. The molecule has 0 atom stereocenters. The van der Waals surface area contributed by atoms with E-state index >= 15 is 0 Å². The Morgan fingerprint density at radius 3 is 2.40 bits per heavy atom. The third kappa shape index (κ3) is 8.12. The van der Waals surface area contributed by atoms with E-state index in [1.807, 2.05) is 73.7 Å². The van der Waals surface area contributed by atoms with Gasteiger partial charge in [-0.3, -0.25) is 4.79 Å². The van der Waals surface area contributed by atoms with Gasteiger partial charge in [-0.15, -0.1) is 0 Å². The first-order chi connectivity index (χ1) is 19.5. The number of nitrogens with one attached hydrogen (secondary N) is 1. The van der Waals surface area contributed by atoms with E-state index in [2.05, 4.69) is 33.1 Å². The van der Waals surface area contributed by atoms with Crippen molar-refractivity contribution in [3.05, 3.63) is 116 Å². The Bertz CT molecular complexity index is 1480. The number of ether oxygens (including phenoxy) is 4. The van der Waals surface area contributed by atoms with Crippen LogP contribution in [0.3, 0.4) is 0 Å². The van der Waals surface area contributed by atoms with Gasteiger partial charge in [-0.1, -0.05) is 54.1 Å². The molecule has 0 fully saturated rings. The highest BCUT2D eigenvalue weighted by Gasteiger charge is 2.14. The number of hydrogen-bond donors (Lipinski definition) is 1. The molecule has 0 radical (unpaired) electrons. The van der Waals surface area contributed by atoms with E-state index in [4.69, 9.17) is 30.5 Å². The van der Waals surface area contributed by atoms with Gasteiger partial charge in [0.1, 0.15) is 13.2 Å². The van der Waals surface area contributed by atoms with Crippen LogP contribution in [0.5, 0.6) is 23.0 Å². The van der Waals surface area contributed by atoms with Crippen LogP contribution in [-0.4, -0.2) is 25.8 Å². The molecule has 4 rings (SSSR count). The summed E-state index contributed by atoms with van der Waals surface area (Å²) in [5.41, 5.74) is 5.67. The molecule has 0 saturated carbocycles. The highest BCUT2D eigenvalue weighted by Crippen LogP contribution is 2.35. The summed E-state index contributed by atoms with van der Waals surface area (Å²) < 4.78 is 24.0. The molecule has 1 N–H and O–H groups in total. The van der Waals surface area contributed by atoms with Gasteiger partial charge in [-0.25, -0.2) is 5.43 Å². The molecule has 0 saturated heterocycles. The summed E-state index contributed by atoms with van der Waals surface area (Å²) in [6.07, 6.45) is 1.55. The maximum absolute atomic E-state index is 12.8. The van der Waals surface area contributed by atoms with Crippen molar-refractivity contribution in [1.29, 1.82) is 0 Å². The van der Waals surface area contributed by atoms with Crippen molar-refractivity contribution in [2.45, 2.75) is 20.1 Å². The molecule has 0 heterocycles. The van der Waals surface area contributed by atoms with E-state index in [9.17, 15) is 4.79 Å². The zero-order chi connectivity index (χ0) is 28.3. The molecular formula is C31H28ClIN2O5. The molecule has 0 unspecified atom stereocenters. The summed E-state index contributed by atoms with van der Waals surface area (Å²) in [4.78, 5) is 12.8. The van der Waals surface area contributed by atoms with Crippen molar-refractivity contribution in [3.63, 3.8) is 0 Å². The Labute approximate surface area is 252 Å². The van der Waals surface area contributed by atoms with Gasteiger partial charge in [-0.05, 0) is 88.7 Å². The average molecular weight is 671 g/mol. The number of methoxy groups -OCH3 is 1. The second-order valence-electron chi connectivity index (χ2n) is 8.52. The van der Waals surface area contributed by atoms with Crippen molar-refractivity contribution in [1.82, 2.24) is 5.43 Å². The minimum absolute atomic E-state index is 0.347. The second kappa shape index (κ2) is 14.6. The number of hydrogen-bond acceptors (Lipinski definition) is 6. The number of hydrazone groups is 1. The van der Waals surface area contributed by atoms with Gasteiger partial charge in [-0.2, -0.15) is 5.10 Å². The van der Waals surface area contributed by atoms with Crippen LogP contribution < -0.4 is 24.4 Å². The largest absolute Gasteiger partial charge is 0.493 e. The number of rotatable bonds is 12. The van der Waals surface area contributed by atoms with Gasteiger partial charge in [0.15, 0.2) is 23.0 Å². The zero-order valence-electron chi connectivity index (χ0n) is 22.0. The van der Waals surface area contributed by atoms with Gasteiger partial charge in [0, 0.05) is 10.6 Å². The number of amides is 1. The molecule has 0 aliphatic heterocycles. The van der Waals surface area contributed by atoms with Crippen molar-refractivity contribution in [3.8, 4) is 23.0 Å². The summed E-state index contributed by atoms with van der Waals surface area (Å²) in [6.45, 7) is 3.11. The fourth-order valence-corrected chi connectivity index (χ4v) is 4.74. The molecule has 0 aliphatic carbocycles. The minimum atomic E-state index is -0.384. The van der Waals surface area contributed by atoms with Gasteiger partial charge in [0.25, 0.3) is 5.91 Å².